The molecule has 0 spiro atoms. The highest BCUT2D eigenvalue weighted by Crippen LogP contribution is 2.41. The topological polar surface area (TPSA) is 26.3 Å². The van der Waals surface area contributed by atoms with Gasteiger partial charge in [-0.05, 0) is 34.3 Å². The number of alkyl halides is 5. The van der Waals surface area contributed by atoms with E-state index in [-0.39, 0.29) is 13.0 Å². The summed E-state index contributed by atoms with van der Waals surface area (Å²) >= 11 is 1.96. The van der Waals surface area contributed by atoms with Crippen molar-refractivity contribution < 1.29 is 27.1 Å². The molecule has 0 N–H and O–H groups in total. The first kappa shape index (κ1) is 17.4. The summed E-state index contributed by atoms with van der Waals surface area (Å²) in [6, 6.07) is 0. The van der Waals surface area contributed by atoms with Crippen LogP contribution in [0, 0.1) is 5.41 Å². The average molecular weight is 335 g/mol. The van der Waals surface area contributed by atoms with Crippen LogP contribution in [-0.2, 0) is 9.53 Å². The molecule has 0 aliphatic heterocycles. The fraction of sp³-hybridized carbons (Fsp3) is 0.727. The van der Waals surface area contributed by atoms with Crippen molar-refractivity contribution in [3.8, 4) is 0 Å². The first-order valence-electron chi connectivity index (χ1n) is 5.22. The van der Waals surface area contributed by atoms with E-state index in [4.69, 9.17) is 0 Å². The van der Waals surface area contributed by atoms with Gasteiger partial charge in [0.25, 0.3) is 4.58 Å². The first-order valence-corrected chi connectivity index (χ1v) is 6.01. The maximum atomic E-state index is 13.2. The van der Waals surface area contributed by atoms with E-state index < -0.39 is 22.1 Å². The Morgan fingerprint density at radius 3 is 2.11 bits per heavy atom. The van der Waals surface area contributed by atoms with E-state index in [1.54, 1.807) is 6.92 Å². The number of ether oxygens (including phenoxy) is 1. The van der Waals surface area contributed by atoms with Crippen molar-refractivity contribution in [2.75, 3.05) is 6.61 Å². The minimum atomic E-state index is -5.05. The zero-order valence-corrected chi connectivity index (χ0v) is 11.9. The van der Waals surface area contributed by atoms with E-state index >= 15 is 0 Å². The molecule has 2 nitrogen and oxygen atoms in total. The molecule has 0 fully saturated rings. The third kappa shape index (κ3) is 5.84. The molecule has 0 rings (SSSR count). The van der Waals surface area contributed by atoms with E-state index in [9.17, 15) is 22.4 Å². The lowest BCUT2D eigenvalue weighted by Gasteiger charge is -2.22. The van der Waals surface area contributed by atoms with Gasteiger partial charge in [-0.1, -0.05) is 19.9 Å². The molecule has 0 aliphatic rings. The summed E-state index contributed by atoms with van der Waals surface area (Å²) in [5, 5.41) is 0. The smallest absolute Gasteiger partial charge is 0.436 e. The molecule has 0 heterocycles. The fourth-order valence-corrected chi connectivity index (χ4v) is 1.20. The molecule has 0 saturated carbocycles. The lowest BCUT2D eigenvalue weighted by Crippen LogP contribution is -2.33. The van der Waals surface area contributed by atoms with Crippen LogP contribution in [0.2, 0.25) is 0 Å². The third-order valence-corrected chi connectivity index (χ3v) is 2.74. The number of carbonyl (C=O) groups is 1. The summed E-state index contributed by atoms with van der Waals surface area (Å²) in [6.07, 6.45) is -3.82. The molecule has 18 heavy (non-hydrogen) atoms. The molecule has 1 atom stereocenters. The predicted octanol–water partition coefficient (Wildman–Crippen LogP) is 4.15. The Balaban J connectivity index is 4.72. The van der Waals surface area contributed by atoms with Crippen LogP contribution in [0.3, 0.4) is 0 Å². The van der Waals surface area contributed by atoms with Crippen molar-refractivity contribution >= 4 is 21.9 Å². The zero-order chi connectivity index (χ0) is 14.6. The van der Waals surface area contributed by atoms with Crippen molar-refractivity contribution in [1.29, 1.82) is 0 Å². The maximum absolute atomic E-state index is 13.2. The van der Waals surface area contributed by atoms with Gasteiger partial charge in [-0.25, -0.2) is 4.39 Å². The number of rotatable bonds is 5. The van der Waals surface area contributed by atoms with Gasteiger partial charge in [0.1, 0.15) is 0 Å². The monoisotopic (exact) mass is 334 g/mol. The van der Waals surface area contributed by atoms with E-state index in [0.29, 0.717) is 6.08 Å². The molecule has 0 aromatic rings. The Kier molecular flexibility index (Phi) is 5.84. The Hall–Kier alpha value is -0.590. The number of halogens is 5. The van der Waals surface area contributed by atoms with Crippen molar-refractivity contribution in [1.82, 2.24) is 0 Å². The standard InChI is InChI=1S/C11H15BrF4O2/c1-4-18-8(17)7-9(2,3)5-6-10(12,13)11(14,15)16/h5-6H,4,7H2,1-3H3/b6-5+. The number of esters is 1. The predicted molar refractivity (Wildman–Crippen MR) is 63.0 cm³/mol. The number of carbonyl (C=O) groups excluding carboxylic acids is 1. The van der Waals surface area contributed by atoms with Crippen LogP contribution in [0.1, 0.15) is 27.2 Å². The third-order valence-electron chi connectivity index (χ3n) is 2.03. The maximum Gasteiger partial charge on any atom is 0.436 e. The Labute approximate surface area is 112 Å². The van der Waals surface area contributed by atoms with Crippen LogP contribution in [0.15, 0.2) is 12.2 Å². The van der Waals surface area contributed by atoms with Gasteiger partial charge in [0.15, 0.2) is 0 Å². The minimum Gasteiger partial charge on any atom is -0.466 e. The molecule has 0 amide bonds. The number of allylic oxidation sites excluding steroid dienone is 2. The van der Waals surface area contributed by atoms with Gasteiger partial charge >= 0.3 is 12.1 Å². The van der Waals surface area contributed by atoms with Crippen LogP contribution in [-0.4, -0.2) is 23.3 Å². The largest absolute Gasteiger partial charge is 0.466 e. The summed E-state index contributed by atoms with van der Waals surface area (Å²) < 4.78 is 51.0. The second-order valence-electron chi connectivity index (χ2n) is 4.42. The van der Waals surface area contributed by atoms with E-state index in [1.165, 1.54) is 13.8 Å². The van der Waals surface area contributed by atoms with Gasteiger partial charge in [0.05, 0.1) is 13.0 Å². The summed E-state index contributed by atoms with van der Waals surface area (Å²) in [5.41, 5.74) is -0.928. The Morgan fingerprint density at radius 2 is 1.72 bits per heavy atom. The van der Waals surface area contributed by atoms with E-state index in [1.807, 2.05) is 15.9 Å². The van der Waals surface area contributed by atoms with Crippen LogP contribution in [0.4, 0.5) is 17.6 Å². The minimum absolute atomic E-state index is 0.127. The van der Waals surface area contributed by atoms with Crippen molar-refractivity contribution in [2.24, 2.45) is 5.41 Å². The summed E-state index contributed by atoms with van der Waals surface area (Å²) in [6.45, 7) is 4.84. The van der Waals surface area contributed by atoms with Gasteiger partial charge in [-0.3, -0.25) is 4.79 Å². The van der Waals surface area contributed by atoms with Gasteiger partial charge in [-0.15, -0.1) is 0 Å². The van der Waals surface area contributed by atoms with Gasteiger partial charge in [0.2, 0.25) is 0 Å². The number of hydrogen-bond donors (Lipinski definition) is 0. The van der Waals surface area contributed by atoms with Gasteiger partial charge in [0, 0.05) is 0 Å². The lowest BCUT2D eigenvalue weighted by molar-refractivity contribution is -0.176. The molecule has 106 valence electrons. The fourth-order valence-electron chi connectivity index (χ4n) is 1.07. The van der Waals surface area contributed by atoms with Gasteiger partial charge < -0.3 is 4.74 Å². The second kappa shape index (κ2) is 6.04. The molecular weight excluding hydrogens is 320 g/mol. The van der Waals surface area contributed by atoms with Crippen LogP contribution < -0.4 is 0 Å². The quantitative estimate of drug-likeness (QED) is 0.327. The van der Waals surface area contributed by atoms with Crippen molar-refractivity contribution in [2.45, 2.75) is 37.9 Å². The molecule has 7 heteroatoms. The van der Waals surface area contributed by atoms with E-state index in [0.717, 1.165) is 6.08 Å². The van der Waals surface area contributed by atoms with Crippen LogP contribution in [0.25, 0.3) is 0 Å². The van der Waals surface area contributed by atoms with Crippen LogP contribution in [0.5, 0.6) is 0 Å². The first-order chi connectivity index (χ1) is 7.91. The summed E-state index contributed by atoms with van der Waals surface area (Å²) in [5.74, 6) is -0.543. The zero-order valence-electron chi connectivity index (χ0n) is 10.3. The molecule has 0 aromatic carbocycles. The molecular formula is C11H15BrF4O2. The average Bonchev–Trinajstić information content (AvgIpc) is 2.13. The van der Waals surface area contributed by atoms with Crippen molar-refractivity contribution in [3.05, 3.63) is 12.2 Å². The highest BCUT2D eigenvalue weighted by atomic mass is 79.9. The highest BCUT2D eigenvalue weighted by molar-refractivity contribution is 9.10. The lowest BCUT2D eigenvalue weighted by atomic mass is 9.88. The SMILES string of the molecule is CCOC(=O)CC(C)(C)/C=C/C(F)(Br)C(F)(F)F. The molecule has 0 aromatic heterocycles. The van der Waals surface area contributed by atoms with Crippen molar-refractivity contribution in [3.63, 3.8) is 0 Å². The van der Waals surface area contributed by atoms with Gasteiger partial charge in [-0.2, -0.15) is 13.2 Å². The Morgan fingerprint density at radius 1 is 1.22 bits per heavy atom. The molecule has 1 unspecified atom stereocenters. The second-order valence-corrected chi connectivity index (χ2v) is 5.58. The van der Waals surface area contributed by atoms with E-state index in [2.05, 4.69) is 4.74 Å². The Bertz CT molecular complexity index is 321. The molecule has 0 saturated heterocycles. The summed E-state index contributed by atoms with van der Waals surface area (Å²) in [4.78, 5) is 11.2. The normalized spacial score (nSPS) is 16.7. The molecule has 0 radical (unpaired) electrons. The van der Waals surface area contributed by atoms with Crippen LogP contribution >= 0.6 is 15.9 Å². The highest BCUT2D eigenvalue weighted by Gasteiger charge is 2.52. The molecule has 0 bridgehead atoms. The number of hydrogen-bond acceptors (Lipinski definition) is 2. The molecule has 0 aliphatic carbocycles. The summed E-state index contributed by atoms with van der Waals surface area (Å²) in [7, 11) is 0.